The van der Waals surface area contributed by atoms with E-state index in [0.717, 1.165) is 12.0 Å². The maximum atomic E-state index is 12.8. The second-order valence-corrected chi connectivity index (χ2v) is 5.88. The number of benzene rings is 2. The van der Waals surface area contributed by atoms with Crippen LogP contribution in [0.2, 0.25) is 0 Å². The van der Waals surface area contributed by atoms with Gasteiger partial charge < -0.3 is 10.1 Å². The normalized spacial score (nSPS) is 12.0. The first-order valence-corrected chi connectivity index (χ1v) is 8.46. The van der Waals surface area contributed by atoms with Gasteiger partial charge in [0.25, 0.3) is 5.91 Å². The highest BCUT2D eigenvalue weighted by molar-refractivity contribution is 5.89. The van der Waals surface area contributed by atoms with Crippen molar-refractivity contribution in [3.05, 3.63) is 77.1 Å². The van der Waals surface area contributed by atoms with Crippen LogP contribution < -0.4 is 5.32 Å². The molecule has 2 rings (SSSR count). The van der Waals surface area contributed by atoms with E-state index in [4.69, 9.17) is 4.74 Å². The quantitative estimate of drug-likeness (QED) is 0.607. The number of carbonyl (C=O) groups excluding carboxylic acids is 2. The van der Waals surface area contributed by atoms with Gasteiger partial charge in [-0.05, 0) is 48.2 Å². The molecule has 0 aromatic heterocycles. The van der Waals surface area contributed by atoms with Crippen molar-refractivity contribution in [2.45, 2.75) is 26.3 Å². The fraction of sp³-hybridized carbons (Fsp3) is 0.238. The van der Waals surface area contributed by atoms with E-state index in [1.807, 2.05) is 31.2 Å². The number of hydrogen-bond donors (Lipinski definition) is 1. The molecule has 0 aliphatic carbocycles. The molecular weight excluding hydrogens is 333 g/mol. The highest BCUT2D eigenvalue weighted by atomic mass is 19.1. The largest absolute Gasteiger partial charge is 0.452 e. The summed E-state index contributed by atoms with van der Waals surface area (Å²) >= 11 is 0. The van der Waals surface area contributed by atoms with Crippen LogP contribution in [0, 0.1) is 5.82 Å². The maximum Gasteiger partial charge on any atom is 0.331 e. The Bertz CT molecular complexity index is 767. The van der Waals surface area contributed by atoms with Crippen LogP contribution in [0.3, 0.4) is 0 Å². The van der Waals surface area contributed by atoms with Crippen LogP contribution in [0.25, 0.3) is 6.08 Å². The number of amides is 1. The zero-order valence-electron chi connectivity index (χ0n) is 14.9. The predicted octanol–water partition coefficient (Wildman–Crippen LogP) is 3.82. The molecule has 0 spiro atoms. The van der Waals surface area contributed by atoms with Gasteiger partial charge in [0.05, 0.1) is 6.04 Å². The lowest BCUT2D eigenvalue weighted by Crippen LogP contribution is -2.30. The summed E-state index contributed by atoms with van der Waals surface area (Å²) in [6.07, 6.45) is 3.66. The molecule has 5 heteroatoms. The molecule has 0 saturated heterocycles. The van der Waals surface area contributed by atoms with Gasteiger partial charge in [-0.3, -0.25) is 4.79 Å². The van der Waals surface area contributed by atoms with Gasteiger partial charge >= 0.3 is 5.97 Å². The van der Waals surface area contributed by atoms with Gasteiger partial charge in [-0.1, -0.05) is 43.3 Å². The fourth-order valence-corrected chi connectivity index (χ4v) is 2.33. The number of aryl methyl sites for hydroxylation is 1. The first-order valence-electron chi connectivity index (χ1n) is 8.46. The van der Waals surface area contributed by atoms with Crippen LogP contribution >= 0.6 is 0 Å². The molecule has 0 radical (unpaired) electrons. The Labute approximate surface area is 152 Å². The molecule has 1 atom stereocenters. The van der Waals surface area contributed by atoms with Gasteiger partial charge in [0.1, 0.15) is 5.82 Å². The summed E-state index contributed by atoms with van der Waals surface area (Å²) in [5.41, 5.74) is 2.88. The minimum Gasteiger partial charge on any atom is -0.452 e. The third kappa shape index (κ3) is 6.16. The summed E-state index contributed by atoms with van der Waals surface area (Å²) in [5, 5.41) is 2.79. The van der Waals surface area contributed by atoms with Crippen molar-refractivity contribution < 1.29 is 18.7 Å². The first kappa shape index (κ1) is 19.4. The molecule has 136 valence electrons. The van der Waals surface area contributed by atoms with E-state index in [9.17, 15) is 14.0 Å². The van der Waals surface area contributed by atoms with Crippen LogP contribution in [0.1, 0.15) is 36.6 Å². The number of hydrogen-bond acceptors (Lipinski definition) is 3. The van der Waals surface area contributed by atoms with Crippen LogP contribution in [0.4, 0.5) is 4.39 Å². The summed E-state index contributed by atoms with van der Waals surface area (Å²) in [6.45, 7) is 3.60. The summed E-state index contributed by atoms with van der Waals surface area (Å²) < 4.78 is 17.7. The lowest BCUT2D eigenvalue weighted by molar-refractivity contribution is -0.144. The third-order valence-electron chi connectivity index (χ3n) is 3.89. The minimum absolute atomic E-state index is 0.179. The van der Waals surface area contributed by atoms with E-state index in [-0.39, 0.29) is 24.4 Å². The third-order valence-corrected chi connectivity index (χ3v) is 3.89. The van der Waals surface area contributed by atoms with Gasteiger partial charge in [-0.2, -0.15) is 0 Å². The summed E-state index contributed by atoms with van der Waals surface area (Å²) in [6, 6.07) is 13.5. The van der Waals surface area contributed by atoms with Gasteiger partial charge in [0, 0.05) is 6.08 Å². The van der Waals surface area contributed by atoms with Crippen LogP contribution in [0.15, 0.2) is 54.6 Å². The molecule has 0 fully saturated rings. The van der Waals surface area contributed by atoms with Crippen molar-refractivity contribution in [2.24, 2.45) is 0 Å². The SMILES string of the molecule is CCc1ccc([C@H](C)NC(=O)COC(=O)/C=C/c2ccc(F)cc2)cc1. The fourth-order valence-electron chi connectivity index (χ4n) is 2.33. The molecule has 0 aliphatic heterocycles. The van der Waals surface area contributed by atoms with Gasteiger partial charge in [-0.25, -0.2) is 9.18 Å². The Morgan fingerprint density at radius 3 is 2.38 bits per heavy atom. The van der Waals surface area contributed by atoms with E-state index in [1.165, 1.54) is 42.0 Å². The van der Waals surface area contributed by atoms with Crippen molar-refractivity contribution in [1.29, 1.82) is 0 Å². The Balaban J connectivity index is 1.78. The standard InChI is InChI=1S/C21H22FNO3/c1-3-16-4-9-18(10-5-16)15(2)23-20(24)14-26-21(25)13-8-17-6-11-19(22)12-7-17/h4-13,15H,3,14H2,1-2H3,(H,23,24)/b13-8+/t15-/m0/s1. The molecule has 1 N–H and O–H groups in total. The van der Waals surface area contributed by atoms with Crippen molar-refractivity contribution in [3.63, 3.8) is 0 Å². The average Bonchev–Trinajstić information content (AvgIpc) is 2.66. The zero-order valence-corrected chi connectivity index (χ0v) is 14.9. The Kier molecular flexibility index (Phi) is 7.09. The van der Waals surface area contributed by atoms with Gasteiger partial charge in [-0.15, -0.1) is 0 Å². The molecule has 4 nitrogen and oxygen atoms in total. The Morgan fingerprint density at radius 2 is 1.77 bits per heavy atom. The lowest BCUT2D eigenvalue weighted by atomic mass is 10.1. The van der Waals surface area contributed by atoms with Crippen molar-refractivity contribution in [2.75, 3.05) is 6.61 Å². The molecule has 26 heavy (non-hydrogen) atoms. The summed E-state index contributed by atoms with van der Waals surface area (Å²) in [7, 11) is 0. The second kappa shape index (κ2) is 9.51. The highest BCUT2D eigenvalue weighted by Gasteiger charge is 2.11. The van der Waals surface area contributed by atoms with Gasteiger partial charge in [0.15, 0.2) is 6.61 Å². The summed E-state index contributed by atoms with van der Waals surface area (Å²) in [4.78, 5) is 23.6. The van der Waals surface area contributed by atoms with E-state index in [2.05, 4.69) is 12.2 Å². The Morgan fingerprint density at radius 1 is 1.12 bits per heavy atom. The summed E-state index contributed by atoms with van der Waals surface area (Å²) in [5.74, 6) is -1.36. The molecule has 0 aliphatic rings. The van der Waals surface area contributed by atoms with E-state index in [0.29, 0.717) is 5.56 Å². The number of ether oxygens (including phenoxy) is 1. The lowest BCUT2D eigenvalue weighted by Gasteiger charge is -2.14. The molecule has 0 unspecified atom stereocenters. The molecule has 0 heterocycles. The predicted molar refractivity (Wildman–Crippen MR) is 98.8 cm³/mol. The van der Waals surface area contributed by atoms with Crippen LogP contribution in [-0.4, -0.2) is 18.5 Å². The topological polar surface area (TPSA) is 55.4 Å². The molecule has 0 bridgehead atoms. The molecule has 2 aromatic rings. The van der Waals surface area contributed by atoms with Crippen LogP contribution in [0.5, 0.6) is 0 Å². The molecule has 2 aromatic carbocycles. The smallest absolute Gasteiger partial charge is 0.331 e. The second-order valence-electron chi connectivity index (χ2n) is 5.88. The first-order chi connectivity index (χ1) is 12.5. The van der Waals surface area contributed by atoms with Gasteiger partial charge in [0.2, 0.25) is 0 Å². The van der Waals surface area contributed by atoms with E-state index in [1.54, 1.807) is 0 Å². The minimum atomic E-state index is -0.635. The van der Waals surface area contributed by atoms with Crippen molar-refractivity contribution in [1.82, 2.24) is 5.32 Å². The average molecular weight is 355 g/mol. The monoisotopic (exact) mass is 355 g/mol. The number of nitrogens with one attached hydrogen (secondary N) is 1. The molecular formula is C21H22FNO3. The molecule has 1 amide bonds. The van der Waals surface area contributed by atoms with Crippen molar-refractivity contribution >= 4 is 18.0 Å². The molecule has 0 saturated carbocycles. The highest BCUT2D eigenvalue weighted by Crippen LogP contribution is 2.13. The maximum absolute atomic E-state index is 12.8. The zero-order chi connectivity index (χ0) is 18.9. The number of carbonyl (C=O) groups is 2. The number of rotatable bonds is 7. The van der Waals surface area contributed by atoms with E-state index >= 15 is 0 Å². The van der Waals surface area contributed by atoms with Crippen molar-refractivity contribution in [3.8, 4) is 0 Å². The Hall–Kier alpha value is -2.95. The van der Waals surface area contributed by atoms with Crippen LogP contribution in [-0.2, 0) is 20.7 Å². The number of halogens is 1. The number of esters is 1. The van der Waals surface area contributed by atoms with E-state index < -0.39 is 5.97 Å².